The van der Waals surface area contributed by atoms with Gasteiger partial charge in [-0.15, -0.1) is 16.4 Å². The topological polar surface area (TPSA) is 89.3 Å². The van der Waals surface area contributed by atoms with Crippen LogP contribution in [0.4, 0.5) is 0 Å². The van der Waals surface area contributed by atoms with Gasteiger partial charge in [-0.25, -0.2) is 4.98 Å². The molecule has 2 aromatic carbocycles. The Balaban J connectivity index is 1.46. The van der Waals surface area contributed by atoms with Gasteiger partial charge in [0.1, 0.15) is 10.7 Å². The largest absolute Gasteiger partial charge is 0.309 e. The van der Waals surface area contributed by atoms with Gasteiger partial charge in [-0.05, 0) is 48.4 Å². The Hall–Kier alpha value is -3.30. The molecule has 0 bridgehead atoms. The van der Waals surface area contributed by atoms with Gasteiger partial charge in [-0.1, -0.05) is 59.8 Å². The van der Waals surface area contributed by atoms with E-state index in [1.165, 1.54) is 17.3 Å². The molecule has 5 aromatic rings. The zero-order valence-electron chi connectivity index (χ0n) is 17.8. The molecule has 0 aliphatic heterocycles. The second-order valence-electron chi connectivity index (χ2n) is 7.54. The van der Waals surface area contributed by atoms with E-state index in [2.05, 4.69) is 51.7 Å². The smallest absolute Gasteiger partial charge is 0.260 e. The van der Waals surface area contributed by atoms with Crippen LogP contribution in [0.1, 0.15) is 21.8 Å². The molecule has 160 valence electrons. The van der Waals surface area contributed by atoms with E-state index in [0.717, 1.165) is 32.1 Å². The number of thiophene rings is 1. The normalized spacial score (nSPS) is 11.3. The minimum atomic E-state index is -0.121. The van der Waals surface area contributed by atoms with Crippen molar-refractivity contribution in [2.45, 2.75) is 31.7 Å². The molecule has 0 saturated heterocycles. The van der Waals surface area contributed by atoms with Crippen LogP contribution in [0.2, 0.25) is 0 Å². The fourth-order valence-corrected chi connectivity index (χ4v) is 5.47. The Morgan fingerprint density at radius 1 is 1.06 bits per heavy atom. The minimum absolute atomic E-state index is 0.121. The molecule has 0 amide bonds. The standard InChI is InChI=1S/C23H20N6OS2/c1-13-8-10-16(11-9-13)19-15(3)32-22-20(19)21(30)24-18(25-22)12-31-23-26-27-28-29(23)17-7-5-4-6-14(17)2/h4-11H,12H2,1-3H3,(H,24,25,30). The summed E-state index contributed by atoms with van der Waals surface area (Å²) in [5.74, 6) is 1.05. The van der Waals surface area contributed by atoms with Gasteiger partial charge in [0.25, 0.3) is 5.56 Å². The van der Waals surface area contributed by atoms with Crippen molar-refractivity contribution < 1.29 is 0 Å². The predicted octanol–water partition coefficient (Wildman–Crippen LogP) is 4.84. The number of thioether (sulfide) groups is 1. The monoisotopic (exact) mass is 460 g/mol. The van der Waals surface area contributed by atoms with E-state index in [-0.39, 0.29) is 5.56 Å². The SMILES string of the molecule is Cc1ccc(-c2c(C)sc3nc(CSc4nnnn4-c4ccccc4C)[nH]c(=O)c23)cc1. The van der Waals surface area contributed by atoms with Crippen LogP contribution in [0, 0.1) is 20.8 Å². The number of para-hydroxylation sites is 1. The fourth-order valence-electron chi connectivity index (χ4n) is 3.65. The van der Waals surface area contributed by atoms with Gasteiger partial charge in [0, 0.05) is 10.4 Å². The maximum atomic E-state index is 13.0. The Labute approximate surface area is 192 Å². The predicted molar refractivity (Wildman–Crippen MR) is 129 cm³/mol. The molecule has 0 radical (unpaired) electrons. The molecule has 32 heavy (non-hydrogen) atoms. The molecule has 7 nitrogen and oxygen atoms in total. The average Bonchev–Trinajstić information content (AvgIpc) is 3.37. The number of H-pyrrole nitrogens is 1. The zero-order chi connectivity index (χ0) is 22.2. The number of rotatable bonds is 5. The summed E-state index contributed by atoms with van der Waals surface area (Å²) in [5, 5.41) is 13.4. The van der Waals surface area contributed by atoms with Crippen molar-refractivity contribution in [3.63, 3.8) is 0 Å². The lowest BCUT2D eigenvalue weighted by Crippen LogP contribution is -2.11. The van der Waals surface area contributed by atoms with Gasteiger partial charge >= 0.3 is 0 Å². The maximum absolute atomic E-state index is 13.0. The number of aromatic amines is 1. The van der Waals surface area contributed by atoms with Crippen molar-refractivity contribution >= 4 is 33.3 Å². The first kappa shape index (κ1) is 20.6. The van der Waals surface area contributed by atoms with Crippen molar-refractivity contribution in [3.8, 4) is 16.8 Å². The van der Waals surface area contributed by atoms with Gasteiger partial charge in [0.15, 0.2) is 0 Å². The molecule has 0 unspecified atom stereocenters. The third kappa shape index (κ3) is 3.74. The molecule has 3 heterocycles. The van der Waals surface area contributed by atoms with Gasteiger partial charge in [-0.2, -0.15) is 4.68 Å². The fraction of sp³-hybridized carbons (Fsp3) is 0.174. The number of nitrogens with zero attached hydrogens (tertiary/aromatic N) is 5. The van der Waals surface area contributed by atoms with E-state index in [9.17, 15) is 4.79 Å². The number of aromatic nitrogens is 6. The number of hydrogen-bond donors (Lipinski definition) is 1. The molecule has 1 N–H and O–H groups in total. The number of nitrogens with one attached hydrogen (secondary N) is 1. The van der Waals surface area contributed by atoms with E-state index in [1.54, 1.807) is 16.0 Å². The molecule has 3 aromatic heterocycles. The number of aryl methyl sites for hydroxylation is 3. The highest BCUT2D eigenvalue weighted by atomic mass is 32.2. The van der Waals surface area contributed by atoms with Crippen LogP contribution < -0.4 is 5.56 Å². The highest BCUT2D eigenvalue weighted by Gasteiger charge is 2.17. The van der Waals surface area contributed by atoms with Crippen molar-refractivity contribution in [2.75, 3.05) is 0 Å². The van der Waals surface area contributed by atoms with Gasteiger partial charge in [0.2, 0.25) is 5.16 Å². The Morgan fingerprint density at radius 3 is 2.62 bits per heavy atom. The Bertz CT molecular complexity index is 1480. The minimum Gasteiger partial charge on any atom is -0.309 e. The van der Waals surface area contributed by atoms with Gasteiger partial charge < -0.3 is 4.98 Å². The molecule has 0 aliphatic rings. The van der Waals surface area contributed by atoms with Crippen LogP contribution in [0.25, 0.3) is 27.0 Å². The summed E-state index contributed by atoms with van der Waals surface area (Å²) in [5.41, 5.74) is 5.06. The number of tetrazole rings is 1. The first-order valence-corrected chi connectivity index (χ1v) is 11.9. The summed E-state index contributed by atoms with van der Waals surface area (Å²) in [6, 6.07) is 16.2. The Kier molecular flexibility index (Phi) is 5.36. The molecule has 9 heteroatoms. The first-order valence-electron chi connectivity index (χ1n) is 10.1. The second kappa shape index (κ2) is 8.33. The van der Waals surface area contributed by atoms with E-state index in [4.69, 9.17) is 4.98 Å². The van der Waals surface area contributed by atoms with Gasteiger partial charge in [0.05, 0.1) is 16.8 Å². The maximum Gasteiger partial charge on any atom is 0.260 e. The van der Waals surface area contributed by atoms with Crippen molar-refractivity contribution in [3.05, 3.63) is 80.7 Å². The van der Waals surface area contributed by atoms with Crippen LogP contribution in [-0.4, -0.2) is 30.2 Å². The molecule has 5 rings (SSSR count). The molecular formula is C23H20N6OS2. The molecular weight excluding hydrogens is 440 g/mol. The molecule has 0 aliphatic carbocycles. The van der Waals surface area contributed by atoms with Crippen LogP contribution >= 0.6 is 23.1 Å². The lowest BCUT2D eigenvalue weighted by molar-refractivity contribution is 0.751. The zero-order valence-corrected chi connectivity index (χ0v) is 19.4. The first-order chi connectivity index (χ1) is 15.5. The summed E-state index contributed by atoms with van der Waals surface area (Å²) in [7, 11) is 0. The summed E-state index contributed by atoms with van der Waals surface area (Å²) in [6.45, 7) is 6.10. The number of benzene rings is 2. The van der Waals surface area contributed by atoms with Crippen LogP contribution in [0.3, 0.4) is 0 Å². The quantitative estimate of drug-likeness (QED) is 0.377. The van der Waals surface area contributed by atoms with E-state index >= 15 is 0 Å². The van der Waals surface area contributed by atoms with E-state index < -0.39 is 0 Å². The van der Waals surface area contributed by atoms with Crippen LogP contribution in [0.5, 0.6) is 0 Å². The summed E-state index contributed by atoms with van der Waals surface area (Å²) in [6.07, 6.45) is 0. The lowest BCUT2D eigenvalue weighted by Gasteiger charge is -2.07. The van der Waals surface area contributed by atoms with E-state index in [0.29, 0.717) is 22.1 Å². The Morgan fingerprint density at radius 2 is 1.84 bits per heavy atom. The van der Waals surface area contributed by atoms with E-state index in [1.807, 2.05) is 38.1 Å². The molecule has 0 fully saturated rings. The summed E-state index contributed by atoms with van der Waals surface area (Å²) in [4.78, 5) is 22.6. The summed E-state index contributed by atoms with van der Waals surface area (Å²) < 4.78 is 1.71. The van der Waals surface area contributed by atoms with Crippen molar-refractivity contribution in [1.82, 2.24) is 30.2 Å². The van der Waals surface area contributed by atoms with Crippen molar-refractivity contribution in [1.29, 1.82) is 0 Å². The summed E-state index contributed by atoms with van der Waals surface area (Å²) >= 11 is 2.98. The molecule has 0 spiro atoms. The van der Waals surface area contributed by atoms with Gasteiger partial charge in [-0.3, -0.25) is 4.79 Å². The second-order valence-corrected chi connectivity index (χ2v) is 9.69. The average molecular weight is 461 g/mol. The third-order valence-corrected chi connectivity index (χ3v) is 7.18. The lowest BCUT2D eigenvalue weighted by atomic mass is 10.0. The van der Waals surface area contributed by atoms with Crippen LogP contribution in [-0.2, 0) is 5.75 Å². The highest BCUT2D eigenvalue weighted by Crippen LogP contribution is 2.36. The molecule has 0 atom stereocenters. The number of fused-ring (bicyclic) bond motifs is 1. The van der Waals surface area contributed by atoms with Crippen molar-refractivity contribution in [2.24, 2.45) is 0 Å². The van der Waals surface area contributed by atoms with Crippen LogP contribution in [0.15, 0.2) is 58.5 Å². The number of hydrogen-bond acceptors (Lipinski definition) is 7. The highest BCUT2D eigenvalue weighted by molar-refractivity contribution is 7.98. The molecule has 0 saturated carbocycles. The third-order valence-electron chi connectivity index (χ3n) is 5.25.